The minimum Gasteiger partial charge on any atom is -0.279 e. The van der Waals surface area contributed by atoms with Crippen molar-refractivity contribution in [1.29, 1.82) is 0 Å². The van der Waals surface area contributed by atoms with Crippen molar-refractivity contribution in [3.63, 3.8) is 0 Å². The van der Waals surface area contributed by atoms with Crippen LogP contribution in [-0.4, -0.2) is 39.7 Å². The number of aromatic nitrogens is 4. The van der Waals surface area contributed by atoms with E-state index in [1.807, 2.05) is 13.8 Å². The molecule has 6 nitrogen and oxygen atoms in total. The van der Waals surface area contributed by atoms with Crippen molar-refractivity contribution in [2.45, 2.75) is 129 Å². The van der Waals surface area contributed by atoms with Gasteiger partial charge in [0.05, 0.1) is 17.2 Å². The fourth-order valence-electron chi connectivity index (χ4n) is 4.54. The van der Waals surface area contributed by atoms with Gasteiger partial charge in [-0.2, -0.15) is 4.63 Å². The van der Waals surface area contributed by atoms with Gasteiger partial charge in [0, 0.05) is 5.92 Å². The number of hydrogen-bond acceptors (Lipinski definition) is 4. The predicted molar refractivity (Wildman–Crippen MR) is 144 cm³/mol. The molecule has 0 spiro atoms. The van der Waals surface area contributed by atoms with Crippen molar-refractivity contribution >= 4 is 27.1 Å². The van der Waals surface area contributed by atoms with Gasteiger partial charge in [0.2, 0.25) is 0 Å². The summed E-state index contributed by atoms with van der Waals surface area (Å²) in [6.45, 7) is 5.98. The average Bonchev–Trinajstić information content (AvgIpc) is 3.32. The molecule has 0 aliphatic heterocycles. The summed E-state index contributed by atoms with van der Waals surface area (Å²) in [4.78, 5) is 4.42. The highest BCUT2D eigenvalue weighted by atomic mass is 35.5. The number of aryl methyl sites for hydroxylation is 1. The monoisotopic (exact) mass is 514 g/mol. The molecule has 2 heterocycles. The maximum absolute atomic E-state index is 12.5. The summed E-state index contributed by atoms with van der Waals surface area (Å²) in [6, 6.07) is 0. The lowest BCUT2D eigenvalue weighted by atomic mass is 10.0. The van der Waals surface area contributed by atoms with Crippen molar-refractivity contribution in [2.75, 3.05) is 11.5 Å². The second-order valence-corrected chi connectivity index (χ2v) is 12.7. The summed E-state index contributed by atoms with van der Waals surface area (Å²) in [6.07, 6.45) is 20.6. The average molecular weight is 515 g/mol. The van der Waals surface area contributed by atoms with Crippen LogP contribution in [0.1, 0.15) is 134 Å². The van der Waals surface area contributed by atoms with E-state index in [0.717, 1.165) is 25.0 Å². The molecule has 2 rings (SSSR count). The van der Waals surface area contributed by atoms with Crippen LogP contribution in [-0.2, 0) is 9.84 Å². The maximum atomic E-state index is 12.5. The highest BCUT2D eigenvalue weighted by Crippen LogP contribution is 2.22. The molecule has 34 heavy (non-hydrogen) atoms. The quantitative estimate of drug-likeness (QED) is 0.183. The Morgan fingerprint density at radius 1 is 0.853 bits per heavy atom. The van der Waals surface area contributed by atoms with Gasteiger partial charge < -0.3 is 0 Å². The summed E-state index contributed by atoms with van der Waals surface area (Å²) in [5, 5.41) is 7.90. The number of rotatable bonds is 20. The number of H-pyrrole nitrogens is 1. The molecule has 0 saturated heterocycles. The fourth-order valence-corrected chi connectivity index (χ4v) is 6.43. The zero-order chi connectivity index (χ0) is 24.8. The molecule has 0 aliphatic carbocycles. The number of aromatic amines is 1. The van der Waals surface area contributed by atoms with Crippen LogP contribution in [0.3, 0.4) is 0 Å². The van der Waals surface area contributed by atoms with Gasteiger partial charge >= 0.3 is 0 Å². The second-order valence-electron chi connectivity index (χ2n) is 10.1. The highest BCUT2D eigenvalue weighted by Gasteiger charge is 2.22. The molecule has 0 aliphatic rings. The Morgan fingerprint density at radius 3 is 1.79 bits per heavy atom. The van der Waals surface area contributed by atoms with Gasteiger partial charge in [-0.05, 0) is 13.3 Å². The number of nitrogens with one attached hydrogen (secondary N) is 1. The van der Waals surface area contributed by atoms with Crippen molar-refractivity contribution in [1.82, 2.24) is 19.8 Å². The van der Waals surface area contributed by atoms with E-state index >= 15 is 0 Å². The van der Waals surface area contributed by atoms with Crippen LogP contribution in [0.4, 0.5) is 0 Å². The summed E-state index contributed by atoms with van der Waals surface area (Å²) in [5.74, 6) is 0.594. The zero-order valence-electron chi connectivity index (χ0n) is 21.7. The molecular formula is C26H47ClN4O2S. The molecule has 196 valence electrons. The van der Waals surface area contributed by atoms with Gasteiger partial charge in [-0.25, -0.2) is 13.4 Å². The van der Waals surface area contributed by atoms with Crippen LogP contribution in [0, 0.1) is 6.92 Å². The van der Waals surface area contributed by atoms with E-state index < -0.39 is 9.84 Å². The molecule has 1 atom stereocenters. The lowest BCUT2D eigenvalue weighted by molar-refractivity contribution is 0.530. The van der Waals surface area contributed by atoms with Crippen LogP contribution in [0.5, 0.6) is 0 Å². The Bertz CT molecular complexity index is 923. The summed E-state index contributed by atoms with van der Waals surface area (Å²) in [5.41, 5.74) is 1.35. The van der Waals surface area contributed by atoms with Gasteiger partial charge in [0.25, 0.3) is 0 Å². The first kappa shape index (κ1) is 29.2. The largest absolute Gasteiger partial charge is 0.279 e. The van der Waals surface area contributed by atoms with Gasteiger partial charge in [-0.15, -0.1) is 5.10 Å². The van der Waals surface area contributed by atoms with E-state index in [1.54, 1.807) is 0 Å². The Morgan fingerprint density at radius 2 is 1.32 bits per heavy atom. The Balaban J connectivity index is 1.46. The van der Waals surface area contributed by atoms with Crippen LogP contribution < -0.4 is 0 Å². The molecule has 0 saturated carbocycles. The third-order valence-corrected chi connectivity index (χ3v) is 9.05. The Kier molecular flexibility index (Phi) is 13.6. The smallest absolute Gasteiger partial charge is 0.194 e. The summed E-state index contributed by atoms with van der Waals surface area (Å²) < 4.78 is 26.6. The van der Waals surface area contributed by atoms with E-state index in [9.17, 15) is 8.42 Å². The lowest BCUT2D eigenvalue weighted by Crippen LogP contribution is -2.17. The van der Waals surface area contributed by atoms with Crippen LogP contribution in [0.15, 0.2) is 0 Å². The van der Waals surface area contributed by atoms with Crippen LogP contribution in [0.2, 0.25) is 5.02 Å². The van der Waals surface area contributed by atoms with E-state index in [4.69, 9.17) is 11.6 Å². The molecule has 0 radical (unpaired) electrons. The summed E-state index contributed by atoms with van der Waals surface area (Å²) >= 11 is 6.20. The topological polar surface area (TPSA) is 80.1 Å². The second kappa shape index (κ2) is 15.8. The molecule has 0 fully saturated rings. The lowest BCUT2D eigenvalue weighted by Gasteiger charge is -2.09. The normalized spacial score (nSPS) is 13.2. The van der Waals surface area contributed by atoms with E-state index in [-0.39, 0.29) is 17.4 Å². The standard InChI is InChI=1S/C26H47ClN4O2S/c1-4-5-6-7-8-9-10-11-12-13-14-15-16-17-18-19-20-34(32,33)21-22(2)25-28-26-24(27)23(3)29-31(26)30-25/h22,29H,4-21H2,1-3H3. The maximum Gasteiger partial charge on any atom is 0.194 e. The summed E-state index contributed by atoms with van der Waals surface area (Å²) in [7, 11) is -3.12. The molecule has 0 amide bonds. The number of sulfone groups is 1. The van der Waals surface area contributed by atoms with Crippen molar-refractivity contribution < 1.29 is 8.42 Å². The predicted octanol–water partition coefficient (Wildman–Crippen LogP) is 7.80. The molecule has 2 aromatic heterocycles. The molecule has 1 N–H and O–H groups in total. The number of halogens is 1. The molecule has 1 unspecified atom stereocenters. The van der Waals surface area contributed by atoms with Crippen LogP contribution in [0.25, 0.3) is 5.65 Å². The fraction of sp³-hybridized carbons (Fsp3) is 0.846. The van der Waals surface area contributed by atoms with E-state index in [2.05, 4.69) is 22.1 Å². The SMILES string of the molecule is CCCCCCCCCCCCCCCCCCS(=O)(=O)CC(C)c1nc2c(Cl)c(C)[nH]n2n1. The van der Waals surface area contributed by atoms with Gasteiger partial charge in [-0.3, -0.25) is 5.10 Å². The number of nitrogens with zero attached hydrogens (tertiary/aromatic N) is 3. The molecule has 0 aromatic carbocycles. The highest BCUT2D eigenvalue weighted by molar-refractivity contribution is 7.91. The molecule has 8 heteroatoms. The number of hydrogen-bond donors (Lipinski definition) is 1. The first-order valence-corrected chi connectivity index (χ1v) is 15.8. The molecule has 2 aromatic rings. The van der Waals surface area contributed by atoms with Gasteiger partial charge in [-0.1, -0.05) is 122 Å². The first-order valence-electron chi connectivity index (χ1n) is 13.6. The molecule has 0 bridgehead atoms. The van der Waals surface area contributed by atoms with Crippen molar-refractivity contribution in [2.24, 2.45) is 0 Å². The minimum atomic E-state index is -3.12. The van der Waals surface area contributed by atoms with Crippen molar-refractivity contribution in [3.8, 4) is 0 Å². The Labute approximate surface area is 212 Å². The molecular weight excluding hydrogens is 468 g/mol. The van der Waals surface area contributed by atoms with Crippen molar-refractivity contribution in [3.05, 3.63) is 16.5 Å². The first-order chi connectivity index (χ1) is 16.3. The zero-order valence-corrected chi connectivity index (χ0v) is 23.3. The third kappa shape index (κ3) is 10.7. The number of unbranched alkanes of at least 4 members (excludes halogenated alkanes) is 15. The van der Waals surface area contributed by atoms with E-state index in [0.29, 0.717) is 16.5 Å². The minimum absolute atomic E-state index is 0.0789. The van der Waals surface area contributed by atoms with Gasteiger partial charge in [0.1, 0.15) is 5.02 Å². The van der Waals surface area contributed by atoms with Gasteiger partial charge in [0.15, 0.2) is 21.3 Å². The Hall–Kier alpha value is -1.08. The van der Waals surface area contributed by atoms with Crippen LogP contribution >= 0.6 is 11.6 Å². The third-order valence-electron chi connectivity index (χ3n) is 6.68. The van der Waals surface area contributed by atoms with E-state index in [1.165, 1.54) is 88.1 Å². The number of fused-ring (bicyclic) bond motifs is 1.